The van der Waals surface area contributed by atoms with E-state index in [2.05, 4.69) is 198 Å². The highest BCUT2D eigenvalue weighted by molar-refractivity contribution is 6.14. The number of ether oxygens (including phenoxy) is 1. The van der Waals surface area contributed by atoms with Crippen molar-refractivity contribution in [3.05, 3.63) is 240 Å². The highest BCUT2D eigenvalue weighted by atomic mass is 16.5. The number of benzene rings is 6. The second kappa shape index (κ2) is 18.8. The molecule has 0 saturated carbocycles. The van der Waals surface area contributed by atoms with Gasteiger partial charge in [0.1, 0.15) is 5.82 Å². The number of aromatic nitrogens is 2. The molecule has 0 saturated heterocycles. The van der Waals surface area contributed by atoms with Crippen LogP contribution in [0.15, 0.2) is 212 Å². The minimum Gasteiger partial charge on any atom is -0.467 e. The lowest BCUT2D eigenvalue weighted by molar-refractivity contribution is 0.206. The molecule has 12 rings (SSSR count). The lowest BCUT2D eigenvalue weighted by atomic mass is 9.83. The second-order valence-corrected chi connectivity index (χ2v) is 19.1. The molecule has 8 aromatic rings. The quantitative estimate of drug-likeness (QED) is 0.113. The normalized spacial score (nSPS) is 18.4. The summed E-state index contributed by atoms with van der Waals surface area (Å²) < 4.78 is 9.19. The van der Waals surface area contributed by atoms with Crippen LogP contribution in [0.4, 0.5) is 5.69 Å². The fourth-order valence-corrected chi connectivity index (χ4v) is 10.8. The average Bonchev–Trinajstić information content (AvgIpc) is 4.03. The molecule has 6 aromatic carbocycles. The highest BCUT2D eigenvalue weighted by Crippen LogP contribution is 2.47. The molecule has 0 fully saturated rings. The van der Waals surface area contributed by atoms with Crippen molar-refractivity contribution < 1.29 is 4.74 Å². The molecule has 4 aliphatic rings. The summed E-state index contributed by atoms with van der Waals surface area (Å²) in [6.45, 7) is 2.33. The Morgan fingerprint density at radius 3 is 2.30 bits per heavy atom. The predicted octanol–water partition coefficient (Wildman–Crippen LogP) is 15.6. The Balaban J connectivity index is 0.901. The third kappa shape index (κ3) is 8.46. The number of hydrogen-bond acceptors (Lipinski definition) is 5. The molecule has 6 heteroatoms. The van der Waals surface area contributed by atoms with Crippen molar-refractivity contribution in [2.24, 2.45) is 11.8 Å². The maximum absolute atomic E-state index is 8.88. The van der Waals surface area contributed by atoms with Crippen molar-refractivity contribution in [2.45, 2.75) is 38.8 Å². The summed E-state index contributed by atoms with van der Waals surface area (Å²) in [5.41, 5.74) is 18.3. The highest BCUT2D eigenvalue weighted by Gasteiger charge is 2.32. The van der Waals surface area contributed by atoms with Crippen molar-refractivity contribution >= 4 is 55.6 Å². The van der Waals surface area contributed by atoms with Crippen molar-refractivity contribution in [1.82, 2.24) is 14.9 Å². The van der Waals surface area contributed by atoms with Gasteiger partial charge in [-0.05, 0) is 135 Å². The van der Waals surface area contributed by atoms with Gasteiger partial charge in [0.25, 0.3) is 0 Å². The van der Waals surface area contributed by atoms with E-state index >= 15 is 0 Å². The number of nitrogens with one attached hydrogen (secondary N) is 3. The number of pyridine rings is 1. The van der Waals surface area contributed by atoms with Crippen LogP contribution in [0.25, 0.3) is 72.3 Å². The molecule has 3 aliphatic carbocycles. The largest absolute Gasteiger partial charge is 0.467 e. The maximum Gasteiger partial charge on any atom is 0.176 e. The van der Waals surface area contributed by atoms with Crippen LogP contribution in [0.5, 0.6) is 5.75 Å². The van der Waals surface area contributed by atoms with Gasteiger partial charge in [-0.15, -0.1) is 0 Å². The summed E-state index contributed by atoms with van der Waals surface area (Å²) in [5.74, 6) is 2.24. The number of para-hydroxylation sites is 1. The Bertz CT molecular complexity index is 3600. The Morgan fingerprint density at radius 2 is 1.51 bits per heavy atom. The van der Waals surface area contributed by atoms with E-state index in [1.54, 1.807) is 0 Å². The van der Waals surface area contributed by atoms with Crippen molar-refractivity contribution in [1.29, 1.82) is 5.41 Å². The Hall–Kier alpha value is -8.48. The van der Waals surface area contributed by atoms with Crippen LogP contribution in [-0.2, 0) is 0 Å². The molecule has 3 atom stereocenters. The Kier molecular flexibility index (Phi) is 11.6. The number of hydrogen-bond donors (Lipinski definition) is 3. The molecule has 0 spiro atoms. The van der Waals surface area contributed by atoms with Gasteiger partial charge in [0.2, 0.25) is 0 Å². The molecule has 0 amide bonds. The van der Waals surface area contributed by atoms with Crippen molar-refractivity contribution in [2.75, 3.05) is 12.4 Å². The van der Waals surface area contributed by atoms with Gasteiger partial charge in [0.05, 0.1) is 33.5 Å². The van der Waals surface area contributed by atoms with E-state index in [-0.39, 0.29) is 18.1 Å². The van der Waals surface area contributed by atoms with Crippen LogP contribution in [0, 0.1) is 17.2 Å². The molecule has 2 aromatic heterocycles. The molecule has 1 aliphatic heterocycles. The van der Waals surface area contributed by atoms with Gasteiger partial charge in [-0.3, -0.25) is 4.57 Å². The van der Waals surface area contributed by atoms with Crippen molar-refractivity contribution in [3.63, 3.8) is 0 Å². The van der Waals surface area contributed by atoms with E-state index in [0.29, 0.717) is 5.71 Å². The lowest BCUT2D eigenvalue weighted by Crippen LogP contribution is -2.29. The summed E-state index contributed by atoms with van der Waals surface area (Å²) in [5, 5.41) is 18.1. The predicted molar refractivity (Wildman–Crippen MR) is 297 cm³/mol. The maximum atomic E-state index is 8.88. The zero-order valence-corrected chi connectivity index (χ0v) is 40.1. The van der Waals surface area contributed by atoms with Crippen LogP contribution < -0.4 is 15.4 Å². The van der Waals surface area contributed by atoms with E-state index in [9.17, 15) is 0 Å². The van der Waals surface area contributed by atoms with Crippen LogP contribution in [0.1, 0.15) is 60.6 Å². The summed E-state index contributed by atoms with van der Waals surface area (Å²) in [6.07, 6.45) is 25.9. The first kappa shape index (κ1) is 43.8. The lowest BCUT2D eigenvalue weighted by Gasteiger charge is -2.23. The minimum atomic E-state index is -0.136. The van der Waals surface area contributed by atoms with E-state index in [1.165, 1.54) is 27.8 Å². The van der Waals surface area contributed by atoms with E-state index in [4.69, 9.17) is 15.1 Å². The molecule has 3 N–H and O–H groups in total. The molecule has 71 heavy (non-hydrogen) atoms. The third-order valence-corrected chi connectivity index (χ3v) is 14.5. The molecule has 0 radical (unpaired) electrons. The standard InChI is InChI=1S/C65H55N5O/c1-42-37-52(51-22-14-21-50(38-51)45-29-31-47(32-30-45)56(66)41-58(67-2)48-17-8-4-9-18-48)33-34-54(42)59-39-53(46-27-25-44(26-28-46)43-15-6-3-7-16-43)40-62(68-59)70-60-24-13-12-23-55(60)63-61(70)36-35-57-64(63)71-65(69-57)49-19-10-5-11-20-49/h4-6,8-19,21-36,38-42,49,65-67,69H,3,7,20,37H2,1-2H3/b58-41-,66-56?. The van der Waals surface area contributed by atoms with Crippen molar-refractivity contribution in [3.8, 4) is 33.8 Å². The summed E-state index contributed by atoms with van der Waals surface area (Å²) >= 11 is 0. The van der Waals surface area contributed by atoms with Gasteiger partial charge in [-0.25, -0.2) is 4.98 Å². The third-order valence-electron chi connectivity index (χ3n) is 14.5. The smallest absolute Gasteiger partial charge is 0.176 e. The molecular weight excluding hydrogens is 867 g/mol. The van der Waals surface area contributed by atoms with Gasteiger partial charge >= 0.3 is 0 Å². The average molecular weight is 922 g/mol. The first-order valence-corrected chi connectivity index (χ1v) is 24.9. The molecule has 346 valence electrons. The van der Waals surface area contributed by atoms with Crippen LogP contribution in [0.3, 0.4) is 0 Å². The molecular formula is C65H55N5O. The fraction of sp³-hybridized carbons (Fsp3) is 0.138. The van der Waals surface area contributed by atoms with E-state index in [1.807, 2.05) is 43.5 Å². The van der Waals surface area contributed by atoms with Crippen LogP contribution in [0.2, 0.25) is 0 Å². The Labute approximate surface area is 416 Å². The van der Waals surface area contributed by atoms with Gasteiger partial charge in [-0.1, -0.05) is 177 Å². The number of allylic oxidation sites excluding steroid dienone is 12. The summed E-state index contributed by atoms with van der Waals surface area (Å²) in [6, 6.07) is 54.0. The van der Waals surface area contributed by atoms with Gasteiger partial charge in [0, 0.05) is 24.0 Å². The summed E-state index contributed by atoms with van der Waals surface area (Å²) in [4.78, 5) is 5.61. The van der Waals surface area contributed by atoms with Crippen LogP contribution >= 0.6 is 0 Å². The number of nitrogens with zero attached hydrogens (tertiary/aromatic N) is 2. The van der Waals surface area contributed by atoms with Crippen LogP contribution in [-0.4, -0.2) is 28.5 Å². The second-order valence-electron chi connectivity index (χ2n) is 19.1. The molecule has 3 unspecified atom stereocenters. The molecule has 3 heterocycles. The van der Waals surface area contributed by atoms with Gasteiger partial charge in [-0.2, -0.15) is 0 Å². The number of fused-ring (bicyclic) bond motifs is 5. The molecule has 6 nitrogen and oxygen atoms in total. The number of rotatable bonds is 11. The SMILES string of the molecule is CN/C(=C\C(=N)c1ccc(-c2cccc(C3=CC=C(c4cc(-c5ccc(C6=CCCC=C6)cc5)cc(-n5c6ccccc6c6c7c(ccc65)NC(C5C=CC=CC5)O7)n4)C(C)C3)c2)cc1)c1ccccc1. The van der Waals surface area contributed by atoms with Gasteiger partial charge in [0.15, 0.2) is 12.0 Å². The minimum absolute atomic E-state index is 0.136. The summed E-state index contributed by atoms with van der Waals surface area (Å²) in [7, 11) is 1.90. The van der Waals surface area contributed by atoms with E-state index in [0.717, 1.165) is 110 Å². The zero-order chi connectivity index (χ0) is 47.8. The fourth-order valence-electron chi connectivity index (χ4n) is 10.8. The molecule has 0 bridgehead atoms. The first-order valence-electron chi connectivity index (χ1n) is 24.9. The number of anilines is 1. The topological polar surface area (TPSA) is 75.0 Å². The first-order chi connectivity index (χ1) is 35.0. The van der Waals surface area contributed by atoms with Gasteiger partial charge < -0.3 is 20.8 Å². The Morgan fingerprint density at radius 1 is 0.718 bits per heavy atom. The monoisotopic (exact) mass is 921 g/mol. The van der Waals surface area contributed by atoms with E-state index < -0.39 is 0 Å². The zero-order valence-electron chi connectivity index (χ0n) is 40.1.